The van der Waals surface area contributed by atoms with Crippen molar-refractivity contribution in [3.8, 4) is 5.69 Å². The van der Waals surface area contributed by atoms with Gasteiger partial charge in [0, 0.05) is 17.8 Å². The molecule has 3 aromatic rings. The van der Waals surface area contributed by atoms with Crippen molar-refractivity contribution in [2.45, 2.75) is 32.4 Å². The predicted molar refractivity (Wildman–Crippen MR) is 101 cm³/mol. The van der Waals surface area contributed by atoms with Crippen LogP contribution in [0.5, 0.6) is 0 Å². The lowest BCUT2D eigenvalue weighted by Gasteiger charge is -2.12. The van der Waals surface area contributed by atoms with Gasteiger partial charge in [-0.2, -0.15) is 10.2 Å². The van der Waals surface area contributed by atoms with Gasteiger partial charge in [0.15, 0.2) is 16.3 Å². The molecular weight excluding hydrogens is 383 g/mol. The van der Waals surface area contributed by atoms with E-state index in [1.165, 1.54) is 22.9 Å². The number of aryl methyl sites for hydroxylation is 1. The zero-order chi connectivity index (χ0) is 19.8. The van der Waals surface area contributed by atoms with Crippen molar-refractivity contribution in [2.75, 3.05) is 0 Å². The number of rotatable bonds is 5. The van der Waals surface area contributed by atoms with Crippen LogP contribution < -0.4 is 10.7 Å². The van der Waals surface area contributed by atoms with Crippen molar-refractivity contribution < 1.29 is 9.18 Å². The fourth-order valence-electron chi connectivity index (χ4n) is 2.99. The summed E-state index contributed by atoms with van der Waals surface area (Å²) in [4.78, 5) is 24.8. The Labute approximate surface area is 164 Å². The number of nitrogens with one attached hydrogen (secondary N) is 2. The van der Waals surface area contributed by atoms with E-state index < -0.39 is 17.2 Å². The minimum atomic E-state index is -0.661. The Balaban J connectivity index is 1.61. The van der Waals surface area contributed by atoms with E-state index in [4.69, 9.17) is 12.2 Å². The van der Waals surface area contributed by atoms with Crippen LogP contribution in [0.15, 0.2) is 35.1 Å². The maximum absolute atomic E-state index is 14.1. The maximum Gasteiger partial charge on any atom is 0.276 e. The number of benzene rings is 1. The van der Waals surface area contributed by atoms with Crippen LogP contribution in [0, 0.1) is 17.5 Å². The number of carbonyl (C=O) groups is 1. The normalized spacial score (nSPS) is 13.5. The summed E-state index contributed by atoms with van der Waals surface area (Å²) in [6, 6.07) is 7.57. The van der Waals surface area contributed by atoms with Gasteiger partial charge < -0.3 is 5.32 Å². The molecule has 1 aromatic carbocycles. The number of hydrogen-bond donors (Lipinski definition) is 2. The van der Waals surface area contributed by atoms with Gasteiger partial charge in [0.25, 0.3) is 5.91 Å². The topological polar surface area (TPSA) is 97.6 Å². The Hall–Kier alpha value is -3.14. The number of para-hydroxylation sites is 1. The summed E-state index contributed by atoms with van der Waals surface area (Å²) in [5, 5.41) is 13.6. The third kappa shape index (κ3) is 3.38. The summed E-state index contributed by atoms with van der Waals surface area (Å²) < 4.78 is 17.7. The molecule has 10 heteroatoms. The van der Waals surface area contributed by atoms with Gasteiger partial charge in [0.1, 0.15) is 11.5 Å². The molecule has 28 heavy (non-hydrogen) atoms. The van der Waals surface area contributed by atoms with E-state index in [1.807, 2.05) is 4.57 Å². The number of aromatic amines is 1. The highest BCUT2D eigenvalue weighted by Gasteiger charge is 2.27. The first kappa shape index (κ1) is 18.2. The van der Waals surface area contributed by atoms with Crippen LogP contribution in [0.1, 0.15) is 40.9 Å². The van der Waals surface area contributed by atoms with Crippen LogP contribution in [0.3, 0.4) is 0 Å². The number of nitrogens with zero attached hydrogens (tertiary/aromatic N) is 4. The Morgan fingerprint density at radius 1 is 1.39 bits per heavy atom. The Morgan fingerprint density at radius 3 is 2.86 bits per heavy atom. The average molecular weight is 400 g/mol. The van der Waals surface area contributed by atoms with Gasteiger partial charge in [-0.25, -0.2) is 9.07 Å². The average Bonchev–Trinajstić information content (AvgIpc) is 3.43. The van der Waals surface area contributed by atoms with Gasteiger partial charge in [-0.3, -0.25) is 19.3 Å². The summed E-state index contributed by atoms with van der Waals surface area (Å²) in [6.07, 6.45) is 2.03. The van der Waals surface area contributed by atoms with E-state index in [0.717, 1.165) is 12.8 Å². The van der Waals surface area contributed by atoms with E-state index in [1.54, 1.807) is 19.1 Å². The molecule has 8 nitrogen and oxygen atoms in total. The third-order valence-corrected chi connectivity index (χ3v) is 4.79. The lowest BCUT2D eigenvalue weighted by atomic mass is 10.2. The molecular formula is C18H17FN6O2S. The molecule has 144 valence electrons. The maximum atomic E-state index is 14.1. The smallest absolute Gasteiger partial charge is 0.276 e. The lowest BCUT2D eigenvalue weighted by molar-refractivity contribution is 0.0941. The van der Waals surface area contributed by atoms with Crippen LogP contribution in [0.2, 0.25) is 0 Å². The number of hydrogen-bond acceptors (Lipinski definition) is 5. The second-order valence-corrected chi connectivity index (χ2v) is 6.98. The molecule has 2 N–H and O–H groups in total. The third-order valence-electron chi connectivity index (χ3n) is 4.50. The second kappa shape index (κ2) is 7.12. The monoisotopic (exact) mass is 400 g/mol. The van der Waals surface area contributed by atoms with Crippen LogP contribution >= 0.6 is 12.2 Å². The van der Waals surface area contributed by atoms with Crippen LogP contribution in [0.25, 0.3) is 5.69 Å². The van der Waals surface area contributed by atoms with Gasteiger partial charge in [-0.1, -0.05) is 12.1 Å². The molecule has 1 saturated carbocycles. The van der Waals surface area contributed by atoms with Crippen molar-refractivity contribution in [3.05, 3.63) is 68.4 Å². The molecule has 0 atom stereocenters. The molecule has 0 spiro atoms. The zero-order valence-corrected chi connectivity index (χ0v) is 15.8. The quantitative estimate of drug-likeness (QED) is 0.640. The summed E-state index contributed by atoms with van der Waals surface area (Å²) in [5.74, 6) is -0.582. The summed E-state index contributed by atoms with van der Waals surface area (Å²) in [5.41, 5.74) is -0.283. The van der Waals surface area contributed by atoms with Crippen LogP contribution in [-0.2, 0) is 6.54 Å². The van der Waals surface area contributed by atoms with Gasteiger partial charge in [-0.15, -0.1) is 0 Å². The summed E-state index contributed by atoms with van der Waals surface area (Å²) in [6.45, 7) is 1.72. The number of H-pyrrole nitrogens is 1. The van der Waals surface area contributed by atoms with Crippen molar-refractivity contribution >= 4 is 18.1 Å². The van der Waals surface area contributed by atoms with Crippen LogP contribution in [-0.4, -0.2) is 30.5 Å². The molecule has 2 aromatic heterocycles. The Morgan fingerprint density at radius 2 is 2.14 bits per heavy atom. The minimum Gasteiger partial charge on any atom is -0.343 e. The highest BCUT2D eigenvalue weighted by atomic mass is 32.1. The molecule has 1 aliphatic carbocycles. The molecule has 0 aliphatic heterocycles. The molecule has 0 radical (unpaired) electrons. The Bertz CT molecular complexity index is 1180. The number of amides is 1. The van der Waals surface area contributed by atoms with E-state index in [0.29, 0.717) is 22.3 Å². The summed E-state index contributed by atoms with van der Waals surface area (Å²) in [7, 11) is 0. The van der Waals surface area contributed by atoms with Gasteiger partial charge in [0.05, 0.1) is 6.54 Å². The predicted octanol–water partition coefficient (Wildman–Crippen LogP) is 2.20. The van der Waals surface area contributed by atoms with Crippen molar-refractivity contribution in [1.82, 2.24) is 29.9 Å². The molecule has 1 fully saturated rings. The van der Waals surface area contributed by atoms with E-state index in [9.17, 15) is 14.0 Å². The largest absolute Gasteiger partial charge is 0.343 e. The molecule has 0 bridgehead atoms. The summed E-state index contributed by atoms with van der Waals surface area (Å²) >= 11 is 5.21. The van der Waals surface area contributed by atoms with Crippen molar-refractivity contribution in [3.63, 3.8) is 0 Å². The first-order chi connectivity index (χ1) is 13.5. The SMILES string of the molecule is Cc1cc(=O)c(C(=O)NCc2n[nH]c(=S)n2C2CC2)nn1-c1ccccc1F. The lowest BCUT2D eigenvalue weighted by Crippen LogP contribution is -2.32. The highest BCUT2D eigenvalue weighted by molar-refractivity contribution is 7.71. The number of aromatic nitrogens is 5. The van der Waals surface area contributed by atoms with Gasteiger partial charge in [-0.05, 0) is 44.1 Å². The number of carbonyl (C=O) groups excluding carboxylic acids is 1. The molecule has 1 amide bonds. The molecule has 0 saturated heterocycles. The Kier molecular flexibility index (Phi) is 4.63. The van der Waals surface area contributed by atoms with Gasteiger partial charge in [0.2, 0.25) is 5.43 Å². The molecule has 2 heterocycles. The van der Waals surface area contributed by atoms with Crippen molar-refractivity contribution in [2.24, 2.45) is 0 Å². The molecule has 1 aliphatic rings. The number of halogens is 1. The second-order valence-electron chi connectivity index (χ2n) is 6.59. The fourth-order valence-corrected chi connectivity index (χ4v) is 3.29. The molecule has 4 rings (SSSR count). The van der Waals surface area contributed by atoms with E-state index in [-0.39, 0.29) is 17.9 Å². The van der Waals surface area contributed by atoms with E-state index >= 15 is 0 Å². The standard InChI is InChI=1S/C18H17FN6O2S/c1-10-8-14(26)16(23-25(10)13-5-3-2-4-12(13)19)17(27)20-9-15-21-22-18(28)24(15)11-6-7-11/h2-5,8,11H,6-7,9H2,1H3,(H,20,27)(H,22,28). The molecule has 0 unspecified atom stereocenters. The van der Waals surface area contributed by atoms with Gasteiger partial charge >= 0.3 is 0 Å². The minimum absolute atomic E-state index is 0.0944. The first-order valence-corrected chi connectivity index (χ1v) is 9.16. The van der Waals surface area contributed by atoms with Crippen molar-refractivity contribution in [1.29, 1.82) is 0 Å². The fraction of sp³-hybridized carbons (Fsp3) is 0.278. The van der Waals surface area contributed by atoms with Crippen LogP contribution in [0.4, 0.5) is 4.39 Å². The van der Waals surface area contributed by atoms with E-state index in [2.05, 4.69) is 20.6 Å². The first-order valence-electron chi connectivity index (χ1n) is 8.75. The highest BCUT2D eigenvalue weighted by Crippen LogP contribution is 2.35. The zero-order valence-electron chi connectivity index (χ0n) is 15.0.